The molecule has 0 aromatic heterocycles. The molecule has 0 bridgehead atoms. The number of amides is 1. The molecule has 0 unspecified atom stereocenters. The SMILES string of the molecule is CN(C(=O)c1cccc(C#CCN)c1)C1CCCCC1. The quantitative estimate of drug-likeness (QED) is 0.839. The summed E-state index contributed by atoms with van der Waals surface area (Å²) in [5.74, 6) is 5.88. The van der Waals surface area contributed by atoms with E-state index >= 15 is 0 Å². The summed E-state index contributed by atoms with van der Waals surface area (Å²) < 4.78 is 0. The maximum atomic E-state index is 12.5. The van der Waals surface area contributed by atoms with E-state index < -0.39 is 0 Å². The van der Waals surface area contributed by atoms with Crippen LogP contribution in [0, 0.1) is 11.8 Å². The molecule has 0 saturated heterocycles. The summed E-state index contributed by atoms with van der Waals surface area (Å²) in [7, 11) is 1.91. The molecule has 1 amide bonds. The van der Waals surface area contributed by atoms with E-state index in [0.717, 1.165) is 18.4 Å². The van der Waals surface area contributed by atoms with E-state index in [2.05, 4.69) is 11.8 Å². The van der Waals surface area contributed by atoms with Gasteiger partial charge in [0.1, 0.15) is 0 Å². The van der Waals surface area contributed by atoms with Crippen molar-refractivity contribution < 1.29 is 4.79 Å². The first-order valence-electron chi connectivity index (χ1n) is 7.28. The Morgan fingerprint density at radius 3 is 2.80 bits per heavy atom. The Bertz CT molecular complexity index is 521. The lowest BCUT2D eigenvalue weighted by atomic mass is 9.94. The van der Waals surface area contributed by atoms with Crippen LogP contribution in [0.5, 0.6) is 0 Å². The molecule has 2 N–H and O–H groups in total. The van der Waals surface area contributed by atoms with E-state index in [-0.39, 0.29) is 5.91 Å². The maximum Gasteiger partial charge on any atom is 0.253 e. The molecule has 1 aromatic carbocycles. The highest BCUT2D eigenvalue weighted by Crippen LogP contribution is 2.23. The van der Waals surface area contributed by atoms with Gasteiger partial charge in [0.2, 0.25) is 0 Å². The Labute approximate surface area is 121 Å². The molecule has 1 aliphatic carbocycles. The van der Waals surface area contributed by atoms with Crippen molar-refractivity contribution in [1.29, 1.82) is 0 Å². The van der Waals surface area contributed by atoms with Gasteiger partial charge in [-0.3, -0.25) is 4.79 Å². The van der Waals surface area contributed by atoms with Crippen LogP contribution in [-0.4, -0.2) is 30.4 Å². The lowest BCUT2D eigenvalue weighted by molar-refractivity contribution is 0.0696. The third-order valence-corrected chi connectivity index (χ3v) is 3.89. The highest BCUT2D eigenvalue weighted by atomic mass is 16.2. The van der Waals surface area contributed by atoms with Crippen LogP contribution in [0.4, 0.5) is 0 Å². The zero-order valence-corrected chi connectivity index (χ0v) is 12.1. The Hall–Kier alpha value is -1.79. The van der Waals surface area contributed by atoms with E-state index in [0.29, 0.717) is 18.2 Å². The van der Waals surface area contributed by atoms with Gasteiger partial charge in [-0.2, -0.15) is 0 Å². The molecule has 0 aliphatic heterocycles. The van der Waals surface area contributed by atoms with Gasteiger partial charge in [0.25, 0.3) is 5.91 Å². The molecule has 20 heavy (non-hydrogen) atoms. The van der Waals surface area contributed by atoms with Gasteiger partial charge in [-0.05, 0) is 31.0 Å². The van der Waals surface area contributed by atoms with Crippen molar-refractivity contribution >= 4 is 5.91 Å². The summed E-state index contributed by atoms with van der Waals surface area (Å²) in [6, 6.07) is 7.87. The van der Waals surface area contributed by atoms with Crippen molar-refractivity contribution in [3.8, 4) is 11.8 Å². The molecule has 2 rings (SSSR count). The normalized spacial score (nSPS) is 15.3. The minimum Gasteiger partial charge on any atom is -0.339 e. The number of nitrogens with two attached hydrogens (primary N) is 1. The summed E-state index contributed by atoms with van der Waals surface area (Å²) in [5, 5.41) is 0. The van der Waals surface area contributed by atoms with E-state index in [9.17, 15) is 4.79 Å². The second-order valence-corrected chi connectivity index (χ2v) is 5.29. The monoisotopic (exact) mass is 270 g/mol. The molecular weight excluding hydrogens is 248 g/mol. The van der Waals surface area contributed by atoms with Crippen molar-refractivity contribution in [1.82, 2.24) is 4.90 Å². The second-order valence-electron chi connectivity index (χ2n) is 5.29. The second kappa shape index (κ2) is 7.12. The lowest BCUT2D eigenvalue weighted by Crippen LogP contribution is -2.38. The van der Waals surface area contributed by atoms with Crippen LogP contribution in [0.3, 0.4) is 0 Å². The number of carbonyl (C=O) groups excluding carboxylic acids is 1. The first kappa shape index (κ1) is 14.6. The molecule has 1 saturated carbocycles. The average Bonchev–Trinajstić information content (AvgIpc) is 2.52. The predicted molar refractivity (Wildman–Crippen MR) is 81.3 cm³/mol. The first-order chi connectivity index (χ1) is 9.72. The van der Waals surface area contributed by atoms with Gasteiger partial charge in [0.15, 0.2) is 0 Å². The lowest BCUT2D eigenvalue weighted by Gasteiger charge is -2.31. The summed E-state index contributed by atoms with van der Waals surface area (Å²) >= 11 is 0. The standard InChI is InChI=1S/C17H22N2O/c1-19(16-10-3-2-4-11-16)17(20)15-9-5-7-14(13-15)8-6-12-18/h5,7,9,13,16H,2-4,10-12,18H2,1H3. The molecular formula is C17H22N2O. The van der Waals surface area contributed by atoms with Gasteiger partial charge in [-0.15, -0.1) is 0 Å². The number of hydrogen-bond acceptors (Lipinski definition) is 2. The molecule has 0 spiro atoms. The Kier molecular flexibility index (Phi) is 5.20. The van der Waals surface area contributed by atoms with Crippen LogP contribution in [-0.2, 0) is 0 Å². The number of rotatable bonds is 2. The average molecular weight is 270 g/mol. The van der Waals surface area contributed by atoms with E-state index in [1.54, 1.807) is 0 Å². The highest BCUT2D eigenvalue weighted by molar-refractivity contribution is 5.94. The fourth-order valence-electron chi connectivity index (χ4n) is 2.72. The Morgan fingerprint density at radius 2 is 2.10 bits per heavy atom. The van der Waals surface area contributed by atoms with Gasteiger partial charge >= 0.3 is 0 Å². The van der Waals surface area contributed by atoms with Crippen LogP contribution in [0.25, 0.3) is 0 Å². The van der Waals surface area contributed by atoms with Gasteiger partial charge < -0.3 is 10.6 Å². The molecule has 1 fully saturated rings. The van der Waals surface area contributed by atoms with E-state index in [4.69, 9.17) is 5.73 Å². The zero-order valence-electron chi connectivity index (χ0n) is 12.1. The summed E-state index contributed by atoms with van der Waals surface area (Å²) in [5.41, 5.74) is 6.93. The van der Waals surface area contributed by atoms with Crippen LogP contribution >= 0.6 is 0 Å². The maximum absolute atomic E-state index is 12.5. The third-order valence-electron chi connectivity index (χ3n) is 3.89. The van der Waals surface area contributed by atoms with Crippen molar-refractivity contribution in [2.24, 2.45) is 5.73 Å². The van der Waals surface area contributed by atoms with Crippen molar-refractivity contribution in [3.05, 3.63) is 35.4 Å². The number of hydrogen-bond donors (Lipinski definition) is 1. The molecule has 1 aliphatic rings. The predicted octanol–water partition coefficient (Wildman–Crippen LogP) is 2.40. The molecule has 1 aromatic rings. The summed E-state index contributed by atoms with van der Waals surface area (Å²) in [6.07, 6.45) is 5.99. The minimum atomic E-state index is 0.0910. The Morgan fingerprint density at radius 1 is 1.35 bits per heavy atom. The van der Waals surface area contributed by atoms with E-state index in [1.807, 2.05) is 36.2 Å². The summed E-state index contributed by atoms with van der Waals surface area (Å²) in [6.45, 7) is 0.333. The molecule has 106 valence electrons. The first-order valence-corrected chi connectivity index (χ1v) is 7.28. The zero-order chi connectivity index (χ0) is 14.4. The van der Waals surface area contributed by atoms with Gasteiger partial charge in [-0.1, -0.05) is 37.2 Å². The van der Waals surface area contributed by atoms with Crippen molar-refractivity contribution in [3.63, 3.8) is 0 Å². The Balaban J connectivity index is 2.11. The minimum absolute atomic E-state index is 0.0910. The van der Waals surface area contributed by atoms with Crippen LogP contribution in [0.15, 0.2) is 24.3 Å². The molecule has 3 heteroatoms. The fourth-order valence-corrected chi connectivity index (χ4v) is 2.72. The molecule has 0 atom stereocenters. The van der Waals surface area contributed by atoms with Crippen molar-refractivity contribution in [2.45, 2.75) is 38.1 Å². The fraction of sp³-hybridized carbons (Fsp3) is 0.471. The highest BCUT2D eigenvalue weighted by Gasteiger charge is 2.22. The largest absolute Gasteiger partial charge is 0.339 e. The van der Waals surface area contributed by atoms with Gasteiger partial charge in [0.05, 0.1) is 6.54 Å². The van der Waals surface area contributed by atoms with Gasteiger partial charge in [-0.25, -0.2) is 0 Å². The third kappa shape index (κ3) is 3.61. The van der Waals surface area contributed by atoms with E-state index in [1.165, 1.54) is 19.3 Å². The topological polar surface area (TPSA) is 46.3 Å². The van der Waals surface area contributed by atoms with Crippen LogP contribution in [0.2, 0.25) is 0 Å². The molecule has 0 radical (unpaired) electrons. The number of benzene rings is 1. The smallest absolute Gasteiger partial charge is 0.253 e. The molecule has 0 heterocycles. The van der Waals surface area contributed by atoms with Gasteiger partial charge in [0, 0.05) is 24.2 Å². The number of nitrogens with zero attached hydrogens (tertiary/aromatic N) is 1. The summed E-state index contributed by atoms with van der Waals surface area (Å²) in [4.78, 5) is 14.4. The van der Waals surface area contributed by atoms with Crippen LogP contribution < -0.4 is 5.73 Å². The molecule has 3 nitrogen and oxygen atoms in total. The van der Waals surface area contributed by atoms with Crippen LogP contribution in [0.1, 0.15) is 48.0 Å². The van der Waals surface area contributed by atoms with Crippen molar-refractivity contribution in [2.75, 3.05) is 13.6 Å². The number of carbonyl (C=O) groups is 1.